The maximum absolute atomic E-state index is 14.2. The van der Waals surface area contributed by atoms with E-state index in [1.54, 1.807) is 4.90 Å². The van der Waals surface area contributed by atoms with Crippen LogP contribution in [-0.4, -0.2) is 61.4 Å². The number of piperidine rings is 1. The molecule has 184 valence electrons. The summed E-state index contributed by atoms with van der Waals surface area (Å²) >= 11 is 0. The van der Waals surface area contributed by atoms with E-state index < -0.39 is 27.2 Å². The molecule has 1 aliphatic heterocycles. The summed E-state index contributed by atoms with van der Waals surface area (Å²) in [6, 6.07) is 6.30. The Hall–Kier alpha value is -3.21. The zero-order valence-corrected chi connectivity index (χ0v) is 20.3. The van der Waals surface area contributed by atoms with Gasteiger partial charge in [0.1, 0.15) is 17.5 Å². The van der Waals surface area contributed by atoms with Crippen molar-refractivity contribution < 1.29 is 31.9 Å². The van der Waals surface area contributed by atoms with E-state index in [2.05, 4.69) is 10.3 Å². The zero-order chi connectivity index (χ0) is 25.1. The third-order valence-corrected chi connectivity index (χ3v) is 6.11. The second-order valence-corrected chi connectivity index (χ2v) is 11.1. The molecule has 1 fully saturated rings. The second kappa shape index (κ2) is 9.96. The van der Waals surface area contributed by atoms with Gasteiger partial charge in [-0.2, -0.15) is 0 Å². The van der Waals surface area contributed by atoms with Crippen LogP contribution in [0.1, 0.15) is 44.0 Å². The largest absolute Gasteiger partial charge is 0.474 e. The first-order valence-corrected chi connectivity index (χ1v) is 12.6. The first kappa shape index (κ1) is 25.4. The molecule has 0 bridgehead atoms. The first-order chi connectivity index (χ1) is 15.8. The molecule has 0 saturated carbocycles. The molecule has 1 aromatic carbocycles. The van der Waals surface area contributed by atoms with Crippen molar-refractivity contribution in [3.8, 4) is 5.88 Å². The van der Waals surface area contributed by atoms with Crippen LogP contribution in [0.25, 0.3) is 0 Å². The third kappa shape index (κ3) is 6.89. The number of nitrogens with zero attached hydrogens (tertiary/aromatic N) is 2. The van der Waals surface area contributed by atoms with Crippen molar-refractivity contribution in [2.75, 3.05) is 24.7 Å². The standard InChI is InChI=1S/C23H28FN3O6S/c1-23(2,3)33-22(29)27-11-9-16(10-12-27)32-20-8-5-15(14-25-20)21(28)26-19-7-6-17(13-18(19)24)34(4,30)31/h5-8,13-14,16H,9-12H2,1-4H3,(H,26,28). The quantitative estimate of drug-likeness (QED) is 0.676. The lowest BCUT2D eigenvalue weighted by Crippen LogP contribution is -2.44. The molecule has 0 aliphatic carbocycles. The van der Waals surface area contributed by atoms with Crippen LogP contribution in [0.5, 0.6) is 5.88 Å². The minimum Gasteiger partial charge on any atom is -0.474 e. The number of anilines is 1. The van der Waals surface area contributed by atoms with Crippen LogP contribution < -0.4 is 10.1 Å². The Bertz CT molecular complexity index is 1150. The predicted octanol–water partition coefficient (Wildman–Crippen LogP) is 3.65. The number of amides is 2. The van der Waals surface area contributed by atoms with Crippen LogP contribution in [0.2, 0.25) is 0 Å². The molecule has 1 aliphatic rings. The van der Waals surface area contributed by atoms with Crippen molar-refractivity contribution in [3.63, 3.8) is 0 Å². The number of carbonyl (C=O) groups excluding carboxylic acids is 2. The van der Waals surface area contributed by atoms with Crippen molar-refractivity contribution in [3.05, 3.63) is 47.9 Å². The number of rotatable bonds is 5. The van der Waals surface area contributed by atoms with Gasteiger partial charge in [0.15, 0.2) is 9.84 Å². The Kier molecular flexibility index (Phi) is 7.44. The minimum atomic E-state index is -3.56. The molecule has 0 unspecified atom stereocenters. The smallest absolute Gasteiger partial charge is 0.410 e. The number of hydrogen-bond acceptors (Lipinski definition) is 7. The number of ether oxygens (including phenoxy) is 2. The Morgan fingerprint density at radius 3 is 2.35 bits per heavy atom. The van der Waals surface area contributed by atoms with Crippen LogP contribution in [-0.2, 0) is 14.6 Å². The molecule has 1 saturated heterocycles. The number of sulfone groups is 1. The fourth-order valence-corrected chi connectivity index (χ4v) is 3.89. The highest BCUT2D eigenvalue weighted by Gasteiger charge is 2.27. The van der Waals surface area contributed by atoms with Gasteiger partial charge in [-0.25, -0.2) is 22.6 Å². The SMILES string of the molecule is CC(C)(C)OC(=O)N1CCC(Oc2ccc(C(=O)Nc3ccc(S(C)(=O)=O)cc3F)cn2)CC1. The number of pyridine rings is 1. The highest BCUT2D eigenvalue weighted by molar-refractivity contribution is 7.90. The normalized spacial score (nSPS) is 15.0. The van der Waals surface area contributed by atoms with Gasteiger partial charge < -0.3 is 19.7 Å². The highest BCUT2D eigenvalue weighted by Crippen LogP contribution is 2.22. The van der Waals surface area contributed by atoms with Gasteiger partial charge in [0.25, 0.3) is 5.91 Å². The highest BCUT2D eigenvalue weighted by atomic mass is 32.2. The van der Waals surface area contributed by atoms with Gasteiger partial charge >= 0.3 is 6.09 Å². The molecule has 9 nitrogen and oxygen atoms in total. The van der Waals surface area contributed by atoms with Gasteiger partial charge in [0.2, 0.25) is 5.88 Å². The van der Waals surface area contributed by atoms with Crippen molar-refractivity contribution in [1.82, 2.24) is 9.88 Å². The lowest BCUT2D eigenvalue weighted by atomic mass is 10.1. The Balaban J connectivity index is 1.54. The summed E-state index contributed by atoms with van der Waals surface area (Å²) in [7, 11) is -3.56. The second-order valence-electron chi connectivity index (χ2n) is 9.04. The molecular formula is C23H28FN3O6S. The first-order valence-electron chi connectivity index (χ1n) is 10.7. The summed E-state index contributed by atoms with van der Waals surface area (Å²) in [5.74, 6) is -1.13. The summed E-state index contributed by atoms with van der Waals surface area (Å²) in [5.41, 5.74) is -0.513. The van der Waals surface area contributed by atoms with Gasteiger partial charge in [0, 0.05) is 44.5 Å². The van der Waals surface area contributed by atoms with Crippen LogP contribution in [0.3, 0.4) is 0 Å². The fourth-order valence-electron chi connectivity index (χ4n) is 3.26. The molecule has 1 aromatic heterocycles. The average Bonchev–Trinajstić information content (AvgIpc) is 2.74. The van der Waals surface area contributed by atoms with E-state index >= 15 is 0 Å². The van der Waals surface area contributed by atoms with Gasteiger partial charge in [-0.05, 0) is 45.0 Å². The summed E-state index contributed by atoms with van der Waals surface area (Å²) in [6.45, 7) is 6.47. The lowest BCUT2D eigenvalue weighted by Gasteiger charge is -2.33. The molecule has 11 heteroatoms. The zero-order valence-electron chi connectivity index (χ0n) is 19.5. The predicted molar refractivity (Wildman–Crippen MR) is 123 cm³/mol. The number of aromatic nitrogens is 1. The van der Waals surface area contributed by atoms with Crippen LogP contribution in [0.15, 0.2) is 41.4 Å². The van der Waals surface area contributed by atoms with E-state index in [1.807, 2.05) is 20.8 Å². The van der Waals surface area contributed by atoms with Crippen molar-refractivity contribution in [2.24, 2.45) is 0 Å². The van der Waals surface area contributed by atoms with E-state index in [1.165, 1.54) is 30.5 Å². The van der Waals surface area contributed by atoms with Crippen LogP contribution in [0.4, 0.5) is 14.9 Å². The van der Waals surface area contributed by atoms with Gasteiger partial charge in [-0.3, -0.25) is 4.79 Å². The number of benzene rings is 1. The molecule has 0 spiro atoms. The summed E-state index contributed by atoms with van der Waals surface area (Å²) in [5, 5.41) is 2.40. The van der Waals surface area contributed by atoms with E-state index in [4.69, 9.17) is 9.47 Å². The van der Waals surface area contributed by atoms with E-state index in [-0.39, 0.29) is 28.3 Å². The minimum absolute atomic E-state index is 0.131. The van der Waals surface area contributed by atoms with Crippen LogP contribution >= 0.6 is 0 Å². The summed E-state index contributed by atoms with van der Waals surface area (Å²) in [6.07, 6.45) is 3.04. The van der Waals surface area contributed by atoms with E-state index in [0.717, 1.165) is 12.3 Å². The topological polar surface area (TPSA) is 115 Å². The molecule has 2 heterocycles. The fraction of sp³-hybridized carbons (Fsp3) is 0.435. The number of likely N-dealkylation sites (tertiary alicyclic amines) is 1. The van der Waals surface area contributed by atoms with Crippen molar-refractivity contribution in [2.45, 2.75) is 50.2 Å². The van der Waals surface area contributed by atoms with Gasteiger partial charge in [0.05, 0.1) is 16.1 Å². The Labute approximate surface area is 198 Å². The maximum Gasteiger partial charge on any atom is 0.410 e. The monoisotopic (exact) mass is 493 g/mol. The Morgan fingerprint density at radius 2 is 1.82 bits per heavy atom. The van der Waals surface area contributed by atoms with Gasteiger partial charge in [-0.15, -0.1) is 0 Å². The number of halogens is 1. The molecule has 34 heavy (non-hydrogen) atoms. The number of hydrogen-bond donors (Lipinski definition) is 1. The Morgan fingerprint density at radius 1 is 1.15 bits per heavy atom. The molecule has 1 N–H and O–H groups in total. The lowest BCUT2D eigenvalue weighted by molar-refractivity contribution is 0.0123. The average molecular weight is 494 g/mol. The summed E-state index contributed by atoms with van der Waals surface area (Å²) in [4.78, 5) is 30.2. The molecule has 2 amide bonds. The maximum atomic E-state index is 14.2. The van der Waals surface area contributed by atoms with E-state index in [0.29, 0.717) is 31.8 Å². The number of carbonyl (C=O) groups is 2. The third-order valence-electron chi connectivity index (χ3n) is 5.00. The molecule has 0 radical (unpaired) electrons. The van der Waals surface area contributed by atoms with Crippen molar-refractivity contribution >= 4 is 27.5 Å². The molecule has 3 rings (SSSR count). The molecule has 2 aromatic rings. The van der Waals surface area contributed by atoms with Crippen molar-refractivity contribution in [1.29, 1.82) is 0 Å². The number of nitrogens with one attached hydrogen (secondary N) is 1. The summed E-state index contributed by atoms with van der Waals surface area (Å²) < 4.78 is 48.5. The van der Waals surface area contributed by atoms with Crippen LogP contribution in [0, 0.1) is 5.82 Å². The molecule has 0 atom stereocenters. The van der Waals surface area contributed by atoms with E-state index in [9.17, 15) is 22.4 Å². The van der Waals surface area contributed by atoms with Gasteiger partial charge in [-0.1, -0.05) is 0 Å². The molecular weight excluding hydrogens is 465 g/mol.